The zero-order valence-corrected chi connectivity index (χ0v) is 9.09. The summed E-state index contributed by atoms with van der Waals surface area (Å²) in [6, 6.07) is 3.18. The molecular weight excluding hydrogens is 225 g/mol. The number of carboxylic acid groups (broad SMARTS) is 1. The minimum Gasteiger partial charge on any atom is -0.478 e. The Kier molecular flexibility index (Phi) is 2.86. The Morgan fingerprint density at radius 1 is 1.59 bits per heavy atom. The second-order valence-corrected chi connectivity index (χ2v) is 3.41. The van der Waals surface area contributed by atoms with Gasteiger partial charge in [0.1, 0.15) is 5.52 Å². The lowest BCUT2D eigenvalue weighted by atomic mass is 10.1. The Hall–Kier alpha value is -2.24. The summed E-state index contributed by atoms with van der Waals surface area (Å²) >= 11 is 0. The first-order chi connectivity index (χ1) is 8.13. The van der Waals surface area contributed by atoms with Gasteiger partial charge in [-0.25, -0.2) is 13.9 Å². The first kappa shape index (κ1) is 11.3. The number of hydrogen-bond acceptors (Lipinski definition) is 3. The molecule has 5 nitrogen and oxygen atoms in total. The van der Waals surface area contributed by atoms with Crippen LogP contribution in [0.4, 0.5) is 4.39 Å². The van der Waals surface area contributed by atoms with Crippen LogP contribution in [0.5, 0.6) is 0 Å². The topological polar surface area (TPSA) is 68.0 Å². The Balaban J connectivity index is 2.54. The van der Waals surface area contributed by atoms with Gasteiger partial charge in [-0.05, 0) is 25.1 Å². The molecule has 0 spiro atoms. The summed E-state index contributed by atoms with van der Waals surface area (Å²) in [5.41, 5.74) is 0.930. The number of fused-ring (bicyclic) bond motifs is 1. The zero-order chi connectivity index (χ0) is 12.4. The molecule has 1 heterocycles. The number of halogens is 1. The number of nitrogens with zero attached hydrogens (tertiary/aromatic N) is 3. The average molecular weight is 235 g/mol. The van der Waals surface area contributed by atoms with E-state index in [0.717, 1.165) is 6.08 Å². The summed E-state index contributed by atoms with van der Waals surface area (Å²) in [5, 5.41) is 16.0. The van der Waals surface area contributed by atoms with Crippen LogP contribution in [0.2, 0.25) is 0 Å². The summed E-state index contributed by atoms with van der Waals surface area (Å²) in [4.78, 5) is 10.4. The van der Waals surface area contributed by atoms with Gasteiger partial charge >= 0.3 is 5.97 Å². The van der Waals surface area contributed by atoms with E-state index in [0.29, 0.717) is 12.1 Å². The molecular formula is C11H10FN3O2. The highest BCUT2D eigenvalue weighted by molar-refractivity contribution is 5.87. The van der Waals surface area contributed by atoms with Crippen molar-refractivity contribution in [3.8, 4) is 0 Å². The van der Waals surface area contributed by atoms with Crippen LogP contribution in [-0.2, 0) is 11.3 Å². The van der Waals surface area contributed by atoms with Crippen LogP contribution >= 0.6 is 0 Å². The molecule has 2 rings (SSSR count). The maximum atomic E-state index is 13.9. The van der Waals surface area contributed by atoms with Crippen LogP contribution in [0.15, 0.2) is 18.2 Å². The van der Waals surface area contributed by atoms with Gasteiger partial charge in [0.25, 0.3) is 0 Å². The normalized spacial score (nSPS) is 11.4. The third-order valence-electron chi connectivity index (χ3n) is 2.36. The lowest BCUT2D eigenvalue weighted by Crippen LogP contribution is -1.96. The van der Waals surface area contributed by atoms with E-state index in [1.54, 1.807) is 10.7 Å². The van der Waals surface area contributed by atoms with Crippen LogP contribution in [0, 0.1) is 5.82 Å². The van der Waals surface area contributed by atoms with Crippen molar-refractivity contribution in [2.75, 3.05) is 0 Å². The van der Waals surface area contributed by atoms with Crippen molar-refractivity contribution in [3.63, 3.8) is 0 Å². The molecule has 6 heteroatoms. The molecule has 88 valence electrons. The molecule has 1 aromatic carbocycles. The summed E-state index contributed by atoms with van der Waals surface area (Å²) in [6.45, 7) is 2.48. The van der Waals surface area contributed by atoms with Crippen molar-refractivity contribution in [3.05, 3.63) is 29.6 Å². The number of aromatic nitrogens is 3. The third kappa shape index (κ3) is 2.01. The molecule has 0 atom stereocenters. The maximum absolute atomic E-state index is 13.9. The van der Waals surface area contributed by atoms with E-state index in [9.17, 15) is 9.18 Å². The van der Waals surface area contributed by atoms with Gasteiger partial charge in [0, 0.05) is 18.2 Å². The van der Waals surface area contributed by atoms with E-state index in [4.69, 9.17) is 5.11 Å². The summed E-state index contributed by atoms with van der Waals surface area (Å²) in [6.07, 6.45) is 2.08. The summed E-state index contributed by atoms with van der Waals surface area (Å²) < 4.78 is 15.5. The van der Waals surface area contributed by atoms with E-state index in [-0.39, 0.29) is 11.1 Å². The fraction of sp³-hybridized carbons (Fsp3) is 0.182. The van der Waals surface area contributed by atoms with Gasteiger partial charge in [-0.15, -0.1) is 5.10 Å². The highest BCUT2D eigenvalue weighted by Crippen LogP contribution is 2.19. The average Bonchev–Trinajstić information content (AvgIpc) is 2.71. The van der Waals surface area contributed by atoms with Crippen molar-refractivity contribution in [1.29, 1.82) is 0 Å². The molecule has 0 saturated heterocycles. The summed E-state index contributed by atoms with van der Waals surface area (Å²) in [7, 11) is 0. The van der Waals surface area contributed by atoms with Crippen LogP contribution in [0.1, 0.15) is 12.5 Å². The number of rotatable bonds is 3. The zero-order valence-electron chi connectivity index (χ0n) is 9.09. The molecule has 1 N–H and O–H groups in total. The second-order valence-electron chi connectivity index (χ2n) is 3.41. The van der Waals surface area contributed by atoms with Crippen molar-refractivity contribution in [2.45, 2.75) is 13.5 Å². The molecule has 0 bridgehead atoms. The lowest BCUT2D eigenvalue weighted by molar-refractivity contribution is -0.131. The molecule has 17 heavy (non-hydrogen) atoms. The number of carboxylic acids is 1. The van der Waals surface area contributed by atoms with Crippen molar-refractivity contribution < 1.29 is 14.3 Å². The Morgan fingerprint density at radius 3 is 3.00 bits per heavy atom. The molecule has 0 aliphatic carbocycles. The van der Waals surface area contributed by atoms with E-state index in [2.05, 4.69) is 10.3 Å². The van der Waals surface area contributed by atoms with Crippen LogP contribution in [0.25, 0.3) is 17.1 Å². The number of aryl methyl sites for hydroxylation is 1. The largest absolute Gasteiger partial charge is 0.478 e. The lowest BCUT2D eigenvalue weighted by Gasteiger charge is -1.99. The Morgan fingerprint density at radius 2 is 2.35 bits per heavy atom. The highest BCUT2D eigenvalue weighted by atomic mass is 19.1. The molecule has 0 radical (unpaired) electrons. The van der Waals surface area contributed by atoms with Gasteiger partial charge in [0.2, 0.25) is 0 Å². The minimum atomic E-state index is -1.12. The van der Waals surface area contributed by atoms with Gasteiger partial charge in [-0.1, -0.05) is 5.21 Å². The number of aliphatic carboxylic acids is 1. The van der Waals surface area contributed by atoms with E-state index in [1.807, 2.05) is 6.92 Å². The van der Waals surface area contributed by atoms with Gasteiger partial charge in [-0.3, -0.25) is 0 Å². The highest BCUT2D eigenvalue weighted by Gasteiger charge is 2.11. The van der Waals surface area contributed by atoms with Gasteiger partial charge < -0.3 is 5.11 Å². The molecule has 0 aliphatic heterocycles. The molecule has 0 fully saturated rings. The number of benzene rings is 1. The predicted molar refractivity (Wildman–Crippen MR) is 59.8 cm³/mol. The SMILES string of the molecule is CCn1nnc2c(F)c(C=CC(=O)O)ccc21. The first-order valence-electron chi connectivity index (χ1n) is 5.06. The summed E-state index contributed by atoms with van der Waals surface area (Å²) in [5.74, 6) is -1.68. The fourth-order valence-corrected chi connectivity index (χ4v) is 1.54. The monoisotopic (exact) mass is 235 g/mol. The van der Waals surface area contributed by atoms with Crippen molar-refractivity contribution in [1.82, 2.24) is 15.0 Å². The van der Waals surface area contributed by atoms with Gasteiger partial charge in [-0.2, -0.15) is 0 Å². The Labute approximate surface area is 96.2 Å². The van der Waals surface area contributed by atoms with Crippen molar-refractivity contribution >= 4 is 23.1 Å². The molecule has 2 aromatic rings. The number of hydrogen-bond donors (Lipinski definition) is 1. The predicted octanol–water partition coefficient (Wildman–Crippen LogP) is 1.69. The van der Waals surface area contributed by atoms with E-state index in [1.165, 1.54) is 12.1 Å². The molecule has 0 unspecified atom stereocenters. The number of carbonyl (C=O) groups is 1. The first-order valence-corrected chi connectivity index (χ1v) is 5.06. The molecule has 0 saturated carbocycles. The van der Waals surface area contributed by atoms with E-state index >= 15 is 0 Å². The van der Waals surface area contributed by atoms with Crippen LogP contribution in [0.3, 0.4) is 0 Å². The maximum Gasteiger partial charge on any atom is 0.328 e. The minimum absolute atomic E-state index is 0.152. The second kappa shape index (κ2) is 4.32. The quantitative estimate of drug-likeness (QED) is 0.822. The van der Waals surface area contributed by atoms with Crippen LogP contribution in [-0.4, -0.2) is 26.1 Å². The third-order valence-corrected chi connectivity index (χ3v) is 2.36. The van der Waals surface area contributed by atoms with Crippen molar-refractivity contribution in [2.24, 2.45) is 0 Å². The molecule has 1 aromatic heterocycles. The van der Waals surface area contributed by atoms with Crippen LogP contribution < -0.4 is 0 Å². The standard InChI is InChI=1S/C11H10FN3O2/c1-2-15-8-5-3-7(4-6-9(16)17)10(12)11(8)13-14-15/h3-6H,2H2,1H3,(H,16,17). The smallest absolute Gasteiger partial charge is 0.328 e. The van der Waals surface area contributed by atoms with E-state index < -0.39 is 11.8 Å². The molecule has 0 amide bonds. The van der Waals surface area contributed by atoms with Gasteiger partial charge in [0.15, 0.2) is 5.82 Å². The van der Waals surface area contributed by atoms with Gasteiger partial charge in [0.05, 0.1) is 5.52 Å². The Bertz CT molecular complexity index is 604. The fourth-order valence-electron chi connectivity index (χ4n) is 1.54. The molecule has 0 aliphatic rings.